The highest BCUT2D eigenvalue weighted by molar-refractivity contribution is 6.46. The van der Waals surface area contributed by atoms with Gasteiger partial charge in [-0.15, -0.1) is 0 Å². The van der Waals surface area contributed by atoms with Gasteiger partial charge in [0.1, 0.15) is 17.5 Å². The van der Waals surface area contributed by atoms with E-state index in [9.17, 15) is 22.8 Å². The molecule has 102 valence electrons. The molecule has 1 N–H and O–H groups in total. The maximum atomic E-state index is 13.4. The second kappa shape index (κ2) is 5.56. The van der Waals surface area contributed by atoms with Crippen molar-refractivity contribution in [1.82, 2.24) is 0 Å². The van der Waals surface area contributed by atoms with Gasteiger partial charge in [0.15, 0.2) is 0 Å². The van der Waals surface area contributed by atoms with Crippen LogP contribution in [0.2, 0.25) is 0 Å². The van der Waals surface area contributed by atoms with Crippen LogP contribution in [0.5, 0.6) is 0 Å². The topological polar surface area (TPSA) is 46.2 Å². The van der Waals surface area contributed by atoms with E-state index in [2.05, 4.69) is 0 Å². The third-order valence-corrected chi connectivity index (χ3v) is 2.50. The van der Waals surface area contributed by atoms with Gasteiger partial charge in [-0.3, -0.25) is 9.59 Å². The van der Waals surface area contributed by atoms with Gasteiger partial charge in [-0.2, -0.15) is 0 Å². The van der Waals surface area contributed by atoms with E-state index in [0.29, 0.717) is 6.07 Å². The molecule has 0 aliphatic heterocycles. The zero-order chi connectivity index (χ0) is 14.7. The molecule has 0 aromatic heterocycles. The van der Waals surface area contributed by atoms with Crippen LogP contribution in [0, 0.1) is 17.5 Å². The molecule has 0 aliphatic carbocycles. The normalized spacial score (nSPS) is 10.2. The second-order valence-corrected chi connectivity index (χ2v) is 3.89. The molecule has 1 amide bonds. The monoisotopic (exact) mass is 279 g/mol. The van der Waals surface area contributed by atoms with Crippen LogP contribution in [0.1, 0.15) is 10.4 Å². The lowest BCUT2D eigenvalue weighted by Gasteiger charge is -2.06. The first-order valence-electron chi connectivity index (χ1n) is 5.54. The molecule has 0 atom stereocenters. The fourth-order valence-corrected chi connectivity index (χ4v) is 1.54. The van der Waals surface area contributed by atoms with Crippen molar-refractivity contribution in [2.75, 3.05) is 5.32 Å². The summed E-state index contributed by atoms with van der Waals surface area (Å²) < 4.78 is 39.6. The summed E-state index contributed by atoms with van der Waals surface area (Å²) in [5, 5.41) is 2.00. The van der Waals surface area contributed by atoms with Gasteiger partial charge in [0, 0.05) is 0 Å². The molecule has 20 heavy (non-hydrogen) atoms. The van der Waals surface area contributed by atoms with Gasteiger partial charge in [-0.05, 0) is 30.3 Å². The number of Topliss-reactive ketones (excluding diaryl/α,β-unsaturated/α-hetero) is 1. The first-order chi connectivity index (χ1) is 9.49. The smallest absolute Gasteiger partial charge is 0.296 e. The first-order valence-corrected chi connectivity index (χ1v) is 5.54. The number of carbonyl (C=O) groups excluding carboxylic acids is 2. The Labute approximate surface area is 112 Å². The summed E-state index contributed by atoms with van der Waals surface area (Å²) in [5.41, 5.74) is -0.929. The SMILES string of the molecule is O=C(Nc1ccccc1F)C(=O)c1cc(F)ccc1F. The van der Waals surface area contributed by atoms with Crippen LogP contribution in [0.15, 0.2) is 42.5 Å². The van der Waals surface area contributed by atoms with Gasteiger partial charge >= 0.3 is 0 Å². The lowest BCUT2D eigenvalue weighted by atomic mass is 10.1. The molecule has 2 aromatic rings. The highest BCUT2D eigenvalue weighted by Crippen LogP contribution is 2.15. The van der Waals surface area contributed by atoms with Crippen molar-refractivity contribution < 1.29 is 22.8 Å². The fraction of sp³-hybridized carbons (Fsp3) is 0. The molecule has 0 saturated carbocycles. The molecule has 6 heteroatoms. The third-order valence-electron chi connectivity index (χ3n) is 2.50. The highest BCUT2D eigenvalue weighted by atomic mass is 19.1. The Hall–Kier alpha value is -2.63. The molecule has 0 saturated heterocycles. The minimum Gasteiger partial charge on any atom is -0.317 e. The Kier molecular flexibility index (Phi) is 3.84. The number of hydrogen-bond acceptors (Lipinski definition) is 2. The van der Waals surface area contributed by atoms with Crippen LogP contribution in [0.4, 0.5) is 18.9 Å². The highest BCUT2D eigenvalue weighted by Gasteiger charge is 2.21. The molecule has 0 heterocycles. The Balaban J connectivity index is 2.23. The summed E-state index contributed by atoms with van der Waals surface area (Å²) in [4.78, 5) is 23.3. The molecule has 0 unspecified atom stereocenters. The minimum absolute atomic E-state index is 0.220. The molecular formula is C14H8F3NO2. The number of nitrogens with one attached hydrogen (secondary N) is 1. The van der Waals surface area contributed by atoms with E-state index in [0.717, 1.165) is 18.2 Å². The van der Waals surface area contributed by atoms with E-state index < -0.39 is 34.7 Å². The van der Waals surface area contributed by atoms with Crippen LogP contribution < -0.4 is 5.32 Å². The van der Waals surface area contributed by atoms with Gasteiger partial charge in [0.25, 0.3) is 11.7 Å². The zero-order valence-corrected chi connectivity index (χ0v) is 9.99. The summed E-state index contributed by atoms with van der Waals surface area (Å²) in [7, 11) is 0. The van der Waals surface area contributed by atoms with Crippen LogP contribution in [0.3, 0.4) is 0 Å². The summed E-state index contributed by atoms with van der Waals surface area (Å²) >= 11 is 0. The first kappa shape index (κ1) is 13.8. The van der Waals surface area contributed by atoms with Crippen LogP contribution in [-0.4, -0.2) is 11.7 Å². The molecule has 2 rings (SSSR count). The molecule has 3 nitrogen and oxygen atoms in total. The number of amides is 1. The largest absolute Gasteiger partial charge is 0.317 e. The lowest BCUT2D eigenvalue weighted by Crippen LogP contribution is -2.24. The van der Waals surface area contributed by atoms with E-state index in [1.54, 1.807) is 0 Å². The summed E-state index contributed by atoms with van der Waals surface area (Å²) in [6, 6.07) is 7.34. The second-order valence-electron chi connectivity index (χ2n) is 3.89. The van der Waals surface area contributed by atoms with Crippen molar-refractivity contribution in [3.63, 3.8) is 0 Å². The number of ketones is 1. The van der Waals surface area contributed by atoms with Gasteiger partial charge in [-0.25, -0.2) is 13.2 Å². The number of para-hydroxylation sites is 1. The van der Waals surface area contributed by atoms with Gasteiger partial charge in [0.05, 0.1) is 11.3 Å². The quantitative estimate of drug-likeness (QED) is 0.693. The zero-order valence-electron chi connectivity index (χ0n) is 9.99. The number of carbonyl (C=O) groups is 2. The summed E-state index contributed by atoms with van der Waals surface area (Å²) in [5.74, 6) is -5.16. The molecule has 0 bridgehead atoms. The number of halogens is 3. The maximum Gasteiger partial charge on any atom is 0.296 e. The Morgan fingerprint density at radius 1 is 0.900 bits per heavy atom. The molecule has 0 fully saturated rings. The number of hydrogen-bond donors (Lipinski definition) is 1. The summed E-state index contributed by atoms with van der Waals surface area (Å²) in [6.45, 7) is 0. The van der Waals surface area contributed by atoms with Crippen LogP contribution >= 0.6 is 0 Å². The fourth-order valence-electron chi connectivity index (χ4n) is 1.54. The summed E-state index contributed by atoms with van der Waals surface area (Å²) in [6.07, 6.45) is 0. The Morgan fingerprint density at radius 3 is 2.30 bits per heavy atom. The Morgan fingerprint density at radius 2 is 1.60 bits per heavy atom. The number of rotatable bonds is 3. The maximum absolute atomic E-state index is 13.4. The Bertz CT molecular complexity index is 686. The average Bonchev–Trinajstić information content (AvgIpc) is 2.43. The molecular weight excluding hydrogens is 271 g/mol. The predicted octanol–water partition coefficient (Wildman–Crippen LogP) is 2.93. The molecule has 0 radical (unpaired) electrons. The van der Waals surface area contributed by atoms with Gasteiger partial charge in [-0.1, -0.05) is 12.1 Å². The standard InChI is InChI=1S/C14H8F3NO2/c15-8-5-6-10(16)9(7-8)13(19)14(20)18-12-4-2-1-3-11(12)17/h1-7H,(H,18,20). The number of anilines is 1. The van der Waals surface area contributed by atoms with Crippen molar-refractivity contribution in [1.29, 1.82) is 0 Å². The van der Waals surface area contributed by atoms with E-state index in [1.165, 1.54) is 18.2 Å². The number of benzene rings is 2. The predicted molar refractivity (Wildman–Crippen MR) is 65.7 cm³/mol. The van der Waals surface area contributed by atoms with E-state index in [1.807, 2.05) is 5.32 Å². The average molecular weight is 279 g/mol. The molecule has 2 aromatic carbocycles. The van der Waals surface area contributed by atoms with E-state index in [-0.39, 0.29) is 5.69 Å². The molecule has 0 aliphatic rings. The minimum atomic E-state index is -1.29. The van der Waals surface area contributed by atoms with Gasteiger partial charge < -0.3 is 5.32 Å². The van der Waals surface area contributed by atoms with E-state index >= 15 is 0 Å². The lowest BCUT2D eigenvalue weighted by molar-refractivity contribution is -0.112. The van der Waals surface area contributed by atoms with Gasteiger partial charge in [0.2, 0.25) is 0 Å². The van der Waals surface area contributed by atoms with Crippen molar-refractivity contribution in [2.45, 2.75) is 0 Å². The van der Waals surface area contributed by atoms with Crippen LogP contribution in [-0.2, 0) is 4.79 Å². The van der Waals surface area contributed by atoms with Crippen LogP contribution in [0.25, 0.3) is 0 Å². The van der Waals surface area contributed by atoms with Crippen molar-refractivity contribution >= 4 is 17.4 Å². The van der Waals surface area contributed by atoms with Crippen molar-refractivity contribution in [3.05, 3.63) is 65.5 Å². The van der Waals surface area contributed by atoms with Crippen molar-refractivity contribution in [3.8, 4) is 0 Å². The molecule has 0 spiro atoms. The third kappa shape index (κ3) is 2.85. The van der Waals surface area contributed by atoms with Crippen molar-refractivity contribution in [2.24, 2.45) is 0 Å². The van der Waals surface area contributed by atoms with E-state index in [4.69, 9.17) is 0 Å².